The molecular formula is C17H15ClN2OS. The van der Waals surface area contributed by atoms with Crippen molar-refractivity contribution in [1.82, 2.24) is 5.32 Å². The standard InChI is InChI=1S/C17H15ClN2OS/c18-15-3-1-2-4-16(15)22-10-9-17(21)20-12-14-7-5-13(11-19)6-8-14/h1-8H,9-10,12H2,(H,20,21). The Morgan fingerprint density at radius 1 is 1.18 bits per heavy atom. The summed E-state index contributed by atoms with van der Waals surface area (Å²) in [5, 5.41) is 12.3. The highest BCUT2D eigenvalue weighted by Gasteiger charge is 2.04. The summed E-state index contributed by atoms with van der Waals surface area (Å²) in [6.07, 6.45) is 0.437. The van der Waals surface area contributed by atoms with Gasteiger partial charge >= 0.3 is 0 Å². The van der Waals surface area contributed by atoms with E-state index >= 15 is 0 Å². The van der Waals surface area contributed by atoms with Gasteiger partial charge in [0.25, 0.3) is 0 Å². The molecule has 0 atom stereocenters. The highest BCUT2D eigenvalue weighted by molar-refractivity contribution is 7.99. The van der Waals surface area contributed by atoms with Crippen LogP contribution in [0.15, 0.2) is 53.4 Å². The zero-order valence-electron chi connectivity index (χ0n) is 11.9. The van der Waals surface area contributed by atoms with Crippen LogP contribution in [0.25, 0.3) is 0 Å². The molecule has 2 aromatic rings. The molecule has 0 radical (unpaired) electrons. The van der Waals surface area contributed by atoms with E-state index in [1.165, 1.54) is 0 Å². The molecule has 22 heavy (non-hydrogen) atoms. The second-order valence-corrected chi connectivity index (χ2v) is 6.16. The van der Waals surface area contributed by atoms with E-state index in [2.05, 4.69) is 11.4 Å². The van der Waals surface area contributed by atoms with Crippen molar-refractivity contribution >= 4 is 29.3 Å². The second kappa shape index (κ2) is 8.47. The Balaban J connectivity index is 1.72. The molecule has 0 fully saturated rings. The number of carbonyl (C=O) groups is 1. The maximum atomic E-state index is 11.8. The molecule has 5 heteroatoms. The normalized spacial score (nSPS) is 10.0. The molecule has 0 bridgehead atoms. The summed E-state index contributed by atoms with van der Waals surface area (Å²) in [4.78, 5) is 12.8. The van der Waals surface area contributed by atoms with Crippen LogP contribution in [0.2, 0.25) is 5.02 Å². The molecule has 2 rings (SSSR count). The van der Waals surface area contributed by atoms with Crippen molar-refractivity contribution in [2.75, 3.05) is 5.75 Å². The van der Waals surface area contributed by atoms with E-state index in [0.717, 1.165) is 10.5 Å². The minimum absolute atomic E-state index is 0.00362. The Bertz CT molecular complexity index is 680. The first-order valence-electron chi connectivity index (χ1n) is 6.82. The van der Waals surface area contributed by atoms with Crippen molar-refractivity contribution < 1.29 is 4.79 Å². The van der Waals surface area contributed by atoms with Crippen LogP contribution in [0.4, 0.5) is 0 Å². The highest BCUT2D eigenvalue weighted by Crippen LogP contribution is 2.26. The topological polar surface area (TPSA) is 52.9 Å². The summed E-state index contributed by atoms with van der Waals surface area (Å²) in [6, 6.07) is 16.8. The number of thioether (sulfide) groups is 1. The lowest BCUT2D eigenvalue weighted by atomic mass is 10.1. The molecule has 0 saturated carbocycles. The van der Waals surface area contributed by atoms with Crippen molar-refractivity contribution in [2.45, 2.75) is 17.9 Å². The molecule has 0 aliphatic carbocycles. The van der Waals surface area contributed by atoms with Gasteiger partial charge in [-0.2, -0.15) is 5.26 Å². The van der Waals surface area contributed by atoms with Crippen LogP contribution in [-0.2, 0) is 11.3 Å². The predicted octanol–water partition coefficient (Wildman–Crippen LogP) is 4.01. The maximum absolute atomic E-state index is 11.8. The SMILES string of the molecule is N#Cc1ccc(CNC(=O)CCSc2ccccc2Cl)cc1. The van der Waals surface area contributed by atoms with E-state index < -0.39 is 0 Å². The van der Waals surface area contributed by atoms with Gasteiger partial charge in [0.05, 0.1) is 16.7 Å². The molecule has 0 heterocycles. The molecule has 0 saturated heterocycles. The summed E-state index contributed by atoms with van der Waals surface area (Å²) in [6.45, 7) is 0.474. The van der Waals surface area contributed by atoms with Crippen LogP contribution in [0, 0.1) is 11.3 Å². The first-order valence-corrected chi connectivity index (χ1v) is 8.18. The van der Waals surface area contributed by atoms with Crippen LogP contribution in [0.5, 0.6) is 0 Å². The van der Waals surface area contributed by atoms with Gasteiger partial charge in [-0.15, -0.1) is 11.8 Å². The Kier molecular flexibility index (Phi) is 6.32. The van der Waals surface area contributed by atoms with Gasteiger partial charge in [-0.1, -0.05) is 35.9 Å². The van der Waals surface area contributed by atoms with Crippen LogP contribution < -0.4 is 5.32 Å². The highest BCUT2D eigenvalue weighted by atomic mass is 35.5. The van der Waals surface area contributed by atoms with Crippen LogP contribution in [0.3, 0.4) is 0 Å². The summed E-state index contributed by atoms with van der Waals surface area (Å²) >= 11 is 7.63. The van der Waals surface area contributed by atoms with E-state index in [-0.39, 0.29) is 5.91 Å². The van der Waals surface area contributed by atoms with E-state index in [4.69, 9.17) is 16.9 Å². The third kappa shape index (κ3) is 5.10. The number of benzene rings is 2. The lowest BCUT2D eigenvalue weighted by Gasteiger charge is -2.06. The zero-order valence-corrected chi connectivity index (χ0v) is 13.5. The van der Waals surface area contributed by atoms with Gasteiger partial charge in [-0.3, -0.25) is 4.79 Å². The average Bonchev–Trinajstić information content (AvgIpc) is 2.55. The average molecular weight is 331 g/mol. The summed E-state index contributed by atoms with van der Waals surface area (Å²) in [5.74, 6) is 0.687. The number of carbonyl (C=O) groups excluding carboxylic acids is 1. The Morgan fingerprint density at radius 2 is 1.91 bits per heavy atom. The van der Waals surface area contributed by atoms with Gasteiger partial charge in [0.2, 0.25) is 5.91 Å². The Labute approximate surface area is 139 Å². The quantitative estimate of drug-likeness (QED) is 0.814. The summed E-state index contributed by atoms with van der Waals surface area (Å²) in [7, 11) is 0. The smallest absolute Gasteiger partial charge is 0.221 e. The minimum atomic E-state index is 0.00362. The second-order valence-electron chi connectivity index (χ2n) is 4.61. The fourth-order valence-electron chi connectivity index (χ4n) is 1.80. The number of nitrogens with one attached hydrogen (secondary N) is 1. The maximum Gasteiger partial charge on any atom is 0.221 e. The molecule has 112 valence electrons. The minimum Gasteiger partial charge on any atom is -0.352 e. The Morgan fingerprint density at radius 3 is 2.59 bits per heavy atom. The molecule has 0 spiro atoms. The monoisotopic (exact) mass is 330 g/mol. The van der Waals surface area contributed by atoms with Crippen molar-refractivity contribution in [3.8, 4) is 6.07 Å². The molecule has 1 N–H and O–H groups in total. The number of amides is 1. The first-order chi connectivity index (χ1) is 10.7. The molecule has 3 nitrogen and oxygen atoms in total. The van der Waals surface area contributed by atoms with Crippen molar-refractivity contribution in [3.63, 3.8) is 0 Å². The molecule has 0 aliphatic rings. The zero-order chi connectivity index (χ0) is 15.8. The largest absolute Gasteiger partial charge is 0.352 e. The van der Waals surface area contributed by atoms with Crippen LogP contribution in [0.1, 0.15) is 17.5 Å². The molecule has 2 aromatic carbocycles. The van der Waals surface area contributed by atoms with Crippen molar-refractivity contribution in [1.29, 1.82) is 5.26 Å². The molecule has 0 unspecified atom stereocenters. The van der Waals surface area contributed by atoms with Gasteiger partial charge in [-0.25, -0.2) is 0 Å². The van der Waals surface area contributed by atoms with E-state index in [9.17, 15) is 4.79 Å². The lowest BCUT2D eigenvalue weighted by molar-refractivity contribution is -0.120. The van der Waals surface area contributed by atoms with Gasteiger partial charge in [0.15, 0.2) is 0 Å². The summed E-state index contributed by atoms with van der Waals surface area (Å²) < 4.78 is 0. The van der Waals surface area contributed by atoms with Gasteiger partial charge in [0.1, 0.15) is 0 Å². The molecule has 1 amide bonds. The van der Waals surface area contributed by atoms with Gasteiger partial charge in [-0.05, 0) is 29.8 Å². The Hall–Kier alpha value is -1.96. The van der Waals surface area contributed by atoms with E-state index in [0.29, 0.717) is 29.3 Å². The summed E-state index contributed by atoms with van der Waals surface area (Å²) in [5.41, 5.74) is 1.59. The molecule has 0 aliphatic heterocycles. The van der Waals surface area contributed by atoms with E-state index in [1.807, 2.05) is 36.4 Å². The molecular weight excluding hydrogens is 316 g/mol. The lowest BCUT2D eigenvalue weighted by Crippen LogP contribution is -2.22. The van der Waals surface area contributed by atoms with Gasteiger partial charge in [0, 0.05) is 23.6 Å². The number of nitriles is 1. The number of hydrogen-bond donors (Lipinski definition) is 1. The van der Waals surface area contributed by atoms with Crippen LogP contribution >= 0.6 is 23.4 Å². The number of hydrogen-bond acceptors (Lipinski definition) is 3. The van der Waals surface area contributed by atoms with Crippen LogP contribution in [-0.4, -0.2) is 11.7 Å². The van der Waals surface area contributed by atoms with E-state index in [1.54, 1.807) is 23.9 Å². The van der Waals surface area contributed by atoms with Crippen molar-refractivity contribution in [3.05, 3.63) is 64.7 Å². The fraction of sp³-hybridized carbons (Fsp3) is 0.176. The predicted molar refractivity (Wildman–Crippen MR) is 89.8 cm³/mol. The third-order valence-corrected chi connectivity index (χ3v) is 4.51. The number of halogens is 1. The van der Waals surface area contributed by atoms with Gasteiger partial charge < -0.3 is 5.32 Å². The van der Waals surface area contributed by atoms with Crippen molar-refractivity contribution in [2.24, 2.45) is 0 Å². The number of nitrogens with zero attached hydrogens (tertiary/aromatic N) is 1. The third-order valence-electron chi connectivity index (χ3n) is 3.00. The first kappa shape index (κ1) is 16.4. The fourth-order valence-corrected chi connectivity index (χ4v) is 2.99. The number of rotatable bonds is 6. The molecule has 0 aromatic heterocycles.